The van der Waals surface area contributed by atoms with Crippen molar-refractivity contribution < 1.29 is 14.3 Å². The number of carbonyl (C=O) groups excluding carboxylic acids is 1. The van der Waals surface area contributed by atoms with Crippen molar-refractivity contribution in [2.75, 3.05) is 39.5 Å². The predicted molar refractivity (Wildman–Crippen MR) is 115 cm³/mol. The average Bonchev–Trinajstić information content (AvgIpc) is 3.27. The highest BCUT2D eigenvalue weighted by Gasteiger charge is 2.42. The molecule has 2 fully saturated rings. The summed E-state index contributed by atoms with van der Waals surface area (Å²) in [6.07, 6.45) is 2.30. The van der Waals surface area contributed by atoms with E-state index in [9.17, 15) is 4.79 Å². The minimum Gasteiger partial charge on any atom is -0.484 e. The van der Waals surface area contributed by atoms with Crippen molar-refractivity contribution in [2.24, 2.45) is 16.1 Å². The van der Waals surface area contributed by atoms with Crippen LogP contribution >= 0.6 is 24.0 Å². The number of hydrogen-bond donors (Lipinski definition) is 2. The van der Waals surface area contributed by atoms with E-state index in [2.05, 4.69) is 17.1 Å². The van der Waals surface area contributed by atoms with Crippen LogP contribution in [0, 0.1) is 5.41 Å². The third-order valence-corrected chi connectivity index (χ3v) is 4.95. The normalized spacial score (nSPS) is 22.0. The Kier molecular flexibility index (Phi) is 8.15. The van der Waals surface area contributed by atoms with Crippen molar-refractivity contribution in [3.63, 3.8) is 0 Å². The second-order valence-corrected chi connectivity index (χ2v) is 7.05. The lowest BCUT2D eigenvalue weighted by atomic mass is 9.87. The summed E-state index contributed by atoms with van der Waals surface area (Å²) in [5, 5.41) is 3.40. The van der Waals surface area contributed by atoms with Crippen molar-refractivity contribution in [1.29, 1.82) is 0 Å². The van der Waals surface area contributed by atoms with Crippen molar-refractivity contribution >= 4 is 35.8 Å². The number of carbonyl (C=O) groups is 1. The van der Waals surface area contributed by atoms with E-state index in [1.165, 1.54) is 0 Å². The SMILES string of the molecule is CCNC(=NCc1cccc(OCC(N)=O)c1)N1CCC2(CCOC2)C1.I. The molecule has 0 saturated carbocycles. The van der Waals surface area contributed by atoms with Gasteiger partial charge in [0, 0.05) is 31.7 Å². The number of rotatable bonds is 6. The molecule has 1 aromatic rings. The number of nitrogens with one attached hydrogen (secondary N) is 1. The standard InChI is InChI=1S/C19H28N4O3.HI/c1-2-21-18(23-8-6-19(13-23)7-9-25-14-19)22-11-15-4-3-5-16(10-15)26-12-17(20)24;/h3-5,10H,2,6-9,11-14H2,1H3,(H2,20,24)(H,21,22);1H. The molecule has 1 amide bonds. The van der Waals surface area contributed by atoms with Crippen molar-refractivity contribution in [1.82, 2.24) is 10.2 Å². The lowest BCUT2D eigenvalue weighted by molar-refractivity contribution is -0.119. The highest BCUT2D eigenvalue weighted by Crippen LogP contribution is 2.38. The molecule has 2 aliphatic heterocycles. The van der Waals surface area contributed by atoms with Crippen LogP contribution in [0.4, 0.5) is 0 Å². The predicted octanol–water partition coefficient (Wildman–Crippen LogP) is 1.75. The molecule has 1 aromatic carbocycles. The second-order valence-electron chi connectivity index (χ2n) is 7.05. The van der Waals surface area contributed by atoms with Crippen molar-refractivity contribution in [3.8, 4) is 5.75 Å². The molecule has 7 nitrogen and oxygen atoms in total. The van der Waals surface area contributed by atoms with Gasteiger partial charge in [0.2, 0.25) is 0 Å². The van der Waals surface area contributed by atoms with Gasteiger partial charge < -0.3 is 25.4 Å². The molecule has 2 aliphatic rings. The van der Waals surface area contributed by atoms with Gasteiger partial charge in [0.25, 0.3) is 5.91 Å². The lowest BCUT2D eigenvalue weighted by Gasteiger charge is -2.25. The smallest absolute Gasteiger partial charge is 0.255 e. The first-order chi connectivity index (χ1) is 12.6. The number of nitrogens with two attached hydrogens (primary N) is 1. The fourth-order valence-corrected chi connectivity index (χ4v) is 3.57. The zero-order valence-electron chi connectivity index (χ0n) is 15.8. The van der Waals surface area contributed by atoms with E-state index in [0.717, 1.165) is 57.2 Å². The highest BCUT2D eigenvalue weighted by atomic mass is 127. The van der Waals surface area contributed by atoms with Gasteiger partial charge in [-0.15, -0.1) is 24.0 Å². The molecule has 1 atom stereocenters. The molecule has 27 heavy (non-hydrogen) atoms. The highest BCUT2D eigenvalue weighted by molar-refractivity contribution is 14.0. The van der Waals surface area contributed by atoms with E-state index in [1.807, 2.05) is 24.3 Å². The van der Waals surface area contributed by atoms with Gasteiger partial charge in [-0.25, -0.2) is 4.99 Å². The molecular weight excluding hydrogens is 459 g/mol. The quantitative estimate of drug-likeness (QED) is 0.362. The van der Waals surface area contributed by atoms with E-state index in [1.54, 1.807) is 0 Å². The number of hydrogen-bond acceptors (Lipinski definition) is 4. The Balaban J connectivity index is 0.00000261. The first-order valence-corrected chi connectivity index (χ1v) is 9.21. The molecule has 1 unspecified atom stereocenters. The van der Waals surface area contributed by atoms with Gasteiger partial charge in [-0.3, -0.25) is 4.79 Å². The third kappa shape index (κ3) is 5.97. The first kappa shape index (κ1) is 21.7. The lowest BCUT2D eigenvalue weighted by Crippen LogP contribution is -2.41. The van der Waals surface area contributed by atoms with E-state index in [4.69, 9.17) is 20.2 Å². The van der Waals surface area contributed by atoms with Crippen LogP contribution in [0.3, 0.4) is 0 Å². The minimum absolute atomic E-state index is 0. The maximum absolute atomic E-state index is 10.9. The number of nitrogens with zero attached hydrogens (tertiary/aromatic N) is 2. The minimum atomic E-state index is -0.485. The number of benzene rings is 1. The van der Waals surface area contributed by atoms with Crippen LogP contribution in [0.25, 0.3) is 0 Å². The summed E-state index contributed by atoms with van der Waals surface area (Å²) in [5.41, 5.74) is 6.45. The molecule has 1 spiro atoms. The molecule has 150 valence electrons. The molecule has 3 rings (SSSR count). The van der Waals surface area contributed by atoms with Gasteiger partial charge in [-0.2, -0.15) is 0 Å². The van der Waals surface area contributed by atoms with Gasteiger partial charge in [0.05, 0.1) is 13.2 Å². The Morgan fingerprint density at radius 2 is 2.30 bits per heavy atom. The van der Waals surface area contributed by atoms with Crippen LogP contribution in [0.15, 0.2) is 29.3 Å². The van der Waals surface area contributed by atoms with Crippen molar-refractivity contribution in [2.45, 2.75) is 26.3 Å². The Labute approximate surface area is 177 Å². The number of amides is 1. The fourth-order valence-electron chi connectivity index (χ4n) is 3.57. The van der Waals surface area contributed by atoms with Gasteiger partial charge in [0.15, 0.2) is 12.6 Å². The summed E-state index contributed by atoms with van der Waals surface area (Å²) in [6, 6.07) is 7.60. The Morgan fingerprint density at radius 3 is 3.00 bits per heavy atom. The van der Waals surface area contributed by atoms with Gasteiger partial charge >= 0.3 is 0 Å². The van der Waals surface area contributed by atoms with Crippen molar-refractivity contribution in [3.05, 3.63) is 29.8 Å². The summed E-state index contributed by atoms with van der Waals surface area (Å²) in [4.78, 5) is 18.0. The second kappa shape index (κ2) is 10.1. The molecule has 0 aromatic heterocycles. The van der Waals surface area contributed by atoms with Crippen LogP contribution in [0.1, 0.15) is 25.3 Å². The Bertz CT molecular complexity index is 662. The molecule has 2 heterocycles. The van der Waals surface area contributed by atoms with Crippen LogP contribution in [0.2, 0.25) is 0 Å². The number of likely N-dealkylation sites (tertiary alicyclic amines) is 1. The zero-order valence-corrected chi connectivity index (χ0v) is 18.1. The number of ether oxygens (including phenoxy) is 2. The molecule has 3 N–H and O–H groups in total. The van der Waals surface area contributed by atoms with Crippen LogP contribution in [0.5, 0.6) is 5.75 Å². The topological polar surface area (TPSA) is 89.2 Å². The average molecular weight is 488 g/mol. The summed E-state index contributed by atoms with van der Waals surface area (Å²) in [5.74, 6) is 1.09. The maximum Gasteiger partial charge on any atom is 0.255 e. The molecule has 0 bridgehead atoms. The maximum atomic E-state index is 10.9. The van der Waals surface area contributed by atoms with Gasteiger partial charge in [-0.1, -0.05) is 12.1 Å². The van der Waals surface area contributed by atoms with Crippen LogP contribution in [-0.2, 0) is 16.1 Å². The fraction of sp³-hybridized carbons (Fsp3) is 0.579. The summed E-state index contributed by atoms with van der Waals surface area (Å²) >= 11 is 0. The van der Waals surface area contributed by atoms with Gasteiger partial charge in [0.1, 0.15) is 5.75 Å². The zero-order chi connectivity index (χ0) is 18.4. The summed E-state index contributed by atoms with van der Waals surface area (Å²) in [7, 11) is 0. The Hall–Kier alpha value is -1.55. The molecule has 2 saturated heterocycles. The molecule has 0 aliphatic carbocycles. The Morgan fingerprint density at radius 1 is 1.44 bits per heavy atom. The molecule has 8 heteroatoms. The number of primary amides is 1. The molecular formula is C19H29IN4O3. The van der Waals surface area contributed by atoms with E-state index >= 15 is 0 Å². The van der Waals surface area contributed by atoms with E-state index in [0.29, 0.717) is 17.7 Å². The number of aliphatic imine (C=N–C) groups is 1. The van der Waals surface area contributed by atoms with Crippen LogP contribution in [-0.4, -0.2) is 56.2 Å². The van der Waals surface area contributed by atoms with E-state index < -0.39 is 5.91 Å². The molecule has 0 radical (unpaired) electrons. The van der Waals surface area contributed by atoms with E-state index in [-0.39, 0.29) is 30.6 Å². The van der Waals surface area contributed by atoms with Crippen LogP contribution < -0.4 is 15.8 Å². The summed E-state index contributed by atoms with van der Waals surface area (Å²) < 4.78 is 11.0. The largest absolute Gasteiger partial charge is 0.484 e. The number of guanidine groups is 1. The third-order valence-electron chi connectivity index (χ3n) is 4.95. The summed E-state index contributed by atoms with van der Waals surface area (Å²) in [6.45, 7) is 7.10. The monoisotopic (exact) mass is 488 g/mol. The number of halogens is 1. The van der Waals surface area contributed by atoms with Gasteiger partial charge in [-0.05, 0) is 37.5 Å². The first-order valence-electron chi connectivity index (χ1n) is 9.21.